The highest BCUT2D eigenvalue weighted by Crippen LogP contribution is 2.34. The summed E-state index contributed by atoms with van der Waals surface area (Å²) in [5.41, 5.74) is 7.54. The first kappa shape index (κ1) is 13.1. The third-order valence-electron chi connectivity index (χ3n) is 4.88. The largest absolute Gasteiger partial charge is 0.330 e. The predicted molar refractivity (Wildman–Crippen MR) is 73.9 cm³/mol. The standard InChI is InChI=1S/C15H28N2/c1-3-13-4-5-14(11-16)15(10-13)17-8-6-12(2)7-9-17/h6,13-15H,3-5,7-11,16H2,1-2H3. The minimum Gasteiger partial charge on any atom is -0.330 e. The molecule has 98 valence electrons. The van der Waals surface area contributed by atoms with Crippen LogP contribution in [0.5, 0.6) is 0 Å². The summed E-state index contributed by atoms with van der Waals surface area (Å²) < 4.78 is 0. The Kier molecular flexibility index (Phi) is 4.63. The van der Waals surface area contributed by atoms with Gasteiger partial charge in [-0.15, -0.1) is 0 Å². The van der Waals surface area contributed by atoms with Gasteiger partial charge in [-0.25, -0.2) is 0 Å². The van der Waals surface area contributed by atoms with Crippen molar-refractivity contribution in [3.8, 4) is 0 Å². The van der Waals surface area contributed by atoms with Crippen LogP contribution in [0.3, 0.4) is 0 Å². The Morgan fingerprint density at radius 2 is 2.24 bits per heavy atom. The molecule has 2 rings (SSSR count). The summed E-state index contributed by atoms with van der Waals surface area (Å²) in [6.45, 7) is 7.88. The number of rotatable bonds is 3. The Morgan fingerprint density at radius 3 is 2.82 bits per heavy atom. The van der Waals surface area contributed by atoms with Gasteiger partial charge in [-0.05, 0) is 44.6 Å². The number of hydrogen-bond donors (Lipinski definition) is 1. The van der Waals surface area contributed by atoms with Gasteiger partial charge in [0.15, 0.2) is 0 Å². The molecule has 1 aliphatic heterocycles. The Balaban J connectivity index is 2.00. The molecule has 0 saturated heterocycles. The molecule has 1 heterocycles. The smallest absolute Gasteiger partial charge is 0.0168 e. The molecular weight excluding hydrogens is 208 g/mol. The summed E-state index contributed by atoms with van der Waals surface area (Å²) in [6, 6.07) is 0.753. The van der Waals surface area contributed by atoms with Gasteiger partial charge in [-0.1, -0.05) is 31.4 Å². The molecule has 0 amide bonds. The van der Waals surface area contributed by atoms with E-state index in [1.54, 1.807) is 5.57 Å². The molecule has 0 aromatic carbocycles. The lowest BCUT2D eigenvalue weighted by Crippen LogP contribution is -2.48. The molecule has 3 atom stereocenters. The lowest BCUT2D eigenvalue weighted by Gasteiger charge is -2.43. The normalized spacial score (nSPS) is 35.7. The van der Waals surface area contributed by atoms with Crippen molar-refractivity contribution in [3.05, 3.63) is 11.6 Å². The molecule has 2 nitrogen and oxygen atoms in total. The zero-order chi connectivity index (χ0) is 12.3. The average Bonchev–Trinajstić information content (AvgIpc) is 2.39. The molecule has 3 unspecified atom stereocenters. The van der Waals surface area contributed by atoms with Gasteiger partial charge in [0.05, 0.1) is 0 Å². The van der Waals surface area contributed by atoms with E-state index in [1.807, 2.05) is 0 Å². The Labute approximate surface area is 106 Å². The molecule has 0 aromatic heterocycles. The van der Waals surface area contributed by atoms with E-state index in [0.717, 1.165) is 31.0 Å². The van der Waals surface area contributed by atoms with Gasteiger partial charge in [0.2, 0.25) is 0 Å². The van der Waals surface area contributed by atoms with Crippen molar-refractivity contribution >= 4 is 0 Å². The fourth-order valence-electron chi connectivity index (χ4n) is 3.47. The zero-order valence-corrected chi connectivity index (χ0v) is 11.5. The van der Waals surface area contributed by atoms with Crippen molar-refractivity contribution in [2.75, 3.05) is 19.6 Å². The zero-order valence-electron chi connectivity index (χ0n) is 11.5. The number of nitrogens with zero attached hydrogens (tertiary/aromatic N) is 1. The second-order valence-corrected chi connectivity index (χ2v) is 5.95. The second kappa shape index (κ2) is 6.01. The van der Waals surface area contributed by atoms with Crippen LogP contribution in [-0.4, -0.2) is 30.6 Å². The summed E-state index contributed by atoms with van der Waals surface area (Å²) in [6.07, 6.45) is 9.13. The summed E-state index contributed by atoms with van der Waals surface area (Å²) in [5.74, 6) is 1.68. The van der Waals surface area contributed by atoms with E-state index in [4.69, 9.17) is 5.73 Å². The molecule has 1 fully saturated rings. The third kappa shape index (κ3) is 3.11. The highest BCUT2D eigenvalue weighted by Gasteiger charge is 2.33. The van der Waals surface area contributed by atoms with E-state index in [2.05, 4.69) is 24.8 Å². The maximum atomic E-state index is 5.97. The topological polar surface area (TPSA) is 29.3 Å². The van der Waals surface area contributed by atoms with Crippen LogP contribution in [0.15, 0.2) is 11.6 Å². The monoisotopic (exact) mass is 236 g/mol. The van der Waals surface area contributed by atoms with E-state index < -0.39 is 0 Å². The summed E-state index contributed by atoms with van der Waals surface area (Å²) in [7, 11) is 0. The van der Waals surface area contributed by atoms with Crippen molar-refractivity contribution in [3.63, 3.8) is 0 Å². The molecule has 1 aliphatic carbocycles. The Bertz CT molecular complexity index is 272. The SMILES string of the molecule is CCC1CCC(CN)C(N2CC=C(C)CC2)C1. The van der Waals surface area contributed by atoms with E-state index in [-0.39, 0.29) is 0 Å². The highest BCUT2D eigenvalue weighted by atomic mass is 15.2. The van der Waals surface area contributed by atoms with E-state index >= 15 is 0 Å². The molecule has 2 N–H and O–H groups in total. The summed E-state index contributed by atoms with van der Waals surface area (Å²) in [5, 5.41) is 0. The summed E-state index contributed by atoms with van der Waals surface area (Å²) >= 11 is 0. The molecule has 1 saturated carbocycles. The first-order valence-corrected chi connectivity index (χ1v) is 7.34. The van der Waals surface area contributed by atoms with Gasteiger partial charge in [-0.3, -0.25) is 4.90 Å². The fraction of sp³-hybridized carbons (Fsp3) is 0.867. The summed E-state index contributed by atoms with van der Waals surface area (Å²) in [4.78, 5) is 2.69. The Hall–Kier alpha value is -0.340. The average molecular weight is 236 g/mol. The van der Waals surface area contributed by atoms with E-state index in [0.29, 0.717) is 0 Å². The van der Waals surface area contributed by atoms with Gasteiger partial charge >= 0.3 is 0 Å². The van der Waals surface area contributed by atoms with E-state index in [1.165, 1.54) is 38.6 Å². The highest BCUT2D eigenvalue weighted by molar-refractivity contribution is 5.05. The lowest BCUT2D eigenvalue weighted by molar-refractivity contribution is 0.0871. The molecule has 0 radical (unpaired) electrons. The van der Waals surface area contributed by atoms with Crippen LogP contribution in [0.1, 0.15) is 46.0 Å². The van der Waals surface area contributed by atoms with Crippen LogP contribution in [0.25, 0.3) is 0 Å². The minimum absolute atomic E-state index is 0.740. The van der Waals surface area contributed by atoms with Crippen LogP contribution in [0.4, 0.5) is 0 Å². The van der Waals surface area contributed by atoms with Crippen molar-refractivity contribution < 1.29 is 0 Å². The molecule has 17 heavy (non-hydrogen) atoms. The molecule has 2 heteroatoms. The van der Waals surface area contributed by atoms with Gasteiger partial charge in [-0.2, -0.15) is 0 Å². The van der Waals surface area contributed by atoms with Gasteiger partial charge < -0.3 is 5.73 Å². The van der Waals surface area contributed by atoms with Crippen LogP contribution < -0.4 is 5.73 Å². The first-order valence-electron chi connectivity index (χ1n) is 7.34. The molecule has 0 spiro atoms. The van der Waals surface area contributed by atoms with Crippen molar-refractivity contribution in [2.45, 2.75) is 52.0 Å². The lowest BCUT2D eigenvalue weighted by atomic mass is 9.76. The number of hydrogen-bond acceptors (Lipinski definition) is 2. The quantitative estimate of drug-likeness (QED) is 0.764. The van der Waals surface area contributed by atoms with Crippen LogP contribution in [0.2, 0.25) is 0 Å². The maximum Gasteiger partial charge on any atom is 0.0168 e. The molecule has 0 aromatic rings. The number of nitrogens with two attached hydrogens (primary N) is 1. The molecule has 2 aliphatic rings. The van der Waals surface area contributed by atoms with Crippen molar-refractivity contribution in [1.82, 2.24) is 4.90 Å². The molecule has 0 bridgehead atoms. The van der Waals surface area contributed by atoms with Crippen LogP contribution in [0, 0.1) is 11.8 Å². The minimum atomic E-state index is 0.740. The Morgan fingerprint density at radius 1 is 1.41 bits per heavy atom. The van der Waals surface area contributed by atoms with E-state index in [9.17, 15) is 0 Å². The predicted octanol–water partition coefficient (Wildman–Crippen LogP) is 2.79. The second-order valence-electron chi connectivity index (χ2n) is 5.95. The van der Waals surface area contributed by atoms with Gasteiger partial charge in [0.1, 0.15) is 0 Å². The first-order chi connectivity index (χ1) is 8.24. The molecular formula is C15H28N2. The van der Waals surface area contributed by atoms with Crippen LogP contribution in [-0.2, 0) is 0 Å². The van der Waals surface area contributed by atoms with Gasteiger partial charge in [0, 0.05) is 19.1 Å². The van der Waals surface area contributed by atoms with Crippen molar-refractivity contribution in [2.24, 2.45) is 17.6 Å². The van der Waals surface area contributed by atoms with Crippen molar-refractivity contribution in [1.29, 1.82) is 0 Å². The van der Waals surface area contributed by atoms with Crippen LogP contribution >= 0.6 is 0 Å². The maximum absolute atomic E-state index is 5.97. The third-order valence-corrected chi connectivity index (χ3v) is 4.88. The van der Waals surface area contributed by atoms with Gasteiger partial charge in [0.25, 0.3) is 0 Å². The fourth-order valence-corrected chi connectivity index (χ4v) is 3.47.